The molecular weight excluding hydrogens is 322 g/mol. The summed E-state index contributed by atoms with van der Waals surface area (Å²) in [5.41, 5.74) is 3.30. The van der Waals surface area contributed by atoms with Crippen LogP contribution in [-0.2, 0) is 17.6 Å². The summed E-state index contributed by atoms with van der Waals surface area (Å²) < 4.78 is 5.52. The number of carbonyl (C=O) groups is 1. The molecule has 2 aromatic carbocycles. The van der Waals surface area contributed by atoms with Crippen molar-refractivity contribution in [2.45, 2.75) is 25.8 Å². The summed E-state index contributed by atoms with van der Waals surface area (Å²) in [5, 5.41) is 3.62. The topological polar surface area (TPSA) is 38.3 Å². The van der Waals surface area contributed by atoms with E-state index in [4.69, 9.17) is 16.3 Å². The molecule has 1 amide bonds. The van der Waals surface area contributed by atoms with Crippen molar-refractivity contribution in [3.8, 4) is 5.75 Å². The van der Waals surface area contributed by atoms with Gasteiger partial charge in [-0.05, 0) is 48.2 Å². The second-order valence-corrected chi connectivity index (χ2v) is 6.42. The molecular formula is C20H20ClNO2. The fraction of sp³-hybridized carbons (Fsp3) is 0.250. The number of amides is 1. The summed E-state index contributed by atoms with van der Waals surface area (Å²) >= 11 is 6.07. The monoisotopic (exact) mass is 341 g/mol. The van der Waals surface area contributed by atoms with Crippen molar-refractivity contribution in [1.82, 2.24) is 5.32 Å². The second-order valence-electron chi connectivity index (χ2n) is 6.01. The molecule has 1 heterocycles. The Morgan fingerprint density at radius 3 is 3.00 bits per heavy atom. The summed E-state index contributed by atoms with van der Waals surface area (Å²) in [5.74, 6) is 0.866. The minimum Gasteiger partial charge on any atom is -0.493 e. The fourth-order valence-electron chi connectivity index (χ4n) is 2.84. The highest BCUT2D eigenvalue weighted by molar-refractivity contribution is 6.32. The van der Waals surface area contributed by atoms with E-state index in [1.54, 1.807) is 12.1 Å². The zero-order valence-electron chi connectivity index (χ0n) is 13.6. The van der Waals surface area contributed by atoms with E-state index in [0.717, 1.165) is 30.8 Å². The van der Waals surface area contributed by atoms with Crippen molar-refractivity contribution in [3.05, 3.63) is 70.3 Å². The zero-order valence-corrected chi connectivity index (χ0v) is 14.3. The molecule has 0 aromatic heterocycles. The van der Waals surface area contributed by atoms with Crippen LogP contribution in [0.2, 0.25) is 5.02 Å². The third kappa shape index (κ3) is 4.18. The van der Waals surface area contributed by atoms with E-state index in [9.17, 15) is 4.79 Å². The van der Waals surface area contributed by atoms with E-state index in [1.165, 1.54) is 17.2 Å². The van der Waals surface area contributed by atoms with Gasteiger partial charge in [0.15, 0.2) is 0 Å². The van der Waals surface area contributed by atoms with Crippen LogP contribution < -0.4 is 10.1 Å². The third-order valence-electron chi connectivity index (χ3n) is 4.00. The first-order chi connectivity index (χ1) is 11.6. The first kappa shape index (κ1) is 16.6. The SMILES string of the molecule is C[C@@H](Cc1ccc2c(c1)CCO2)NC(=O)/C=C/c1ccccc1Cl. The number of hydrogen-bond acceptors (Lipinski definition) is 2. The highest BCUT2D eigenvalue weighted by Crippen LogP contribution is 2.26. The average molecular weight is 342 g/mol. The molecule has 1 aliphatic heterocycles. The number of carbonyl (C=O) groups excluding carboxylic acids is 1. The highest BCUT2D eigenvalue weighted by Gasteiger charge is 2.13. The summed E-state index contributed by atoms with van der Waals surface area (Å²) in [4.78, 5) is 12.1. The van der Waals surface area contributed by atoms with Crippen LogP contribution in [0.1, 0.15) is 23.6 Å². The van der Waals surface area contributed by atoms with Crippen LogP contribution in [0.15, 0.2) is 48.5 Å². The van der Waals surface area contributed by atoms with E-state index in [2.05, 4.69) is 17.4 Å². The Balaban J connectivity index is 1.55. The molecule has 0 spiro atoms. The van der Waals surface area contributed by atoms with Crippen molar-refractivity contribution in [2.75, 3.05) is 6.61 Å². The molecule has 0 saturated carbocycles. The number of rotatable bonds is 5. The largest absolute Gasteiger partial charge is 0.493 e. The number of benzene rings is 2. The molecule has 1 atom stereocenters. The predicted molar refractivity (Wildman–Crippen MR) is 97.4 cm³/mol. The molecule has 0 saturated heterocycles. The van der Waals surface area contributed by atoms with E-state index in [1.807, 2.05) is 31.2 Å². The molecule has 0 bridgehead atoms. The van der Waals surface area contributed by atoms with Crippen LogP contribution in [0.25, 0.3) is 6.08 Å². The Bertz CT molecular complexity index is 770. The molecule has 124 valence electrons. The van der Waals surface area contributed by atoms with Crippen LogP contribution in [0.4, 0.5) is 0 Å². The van der Waals surface area contributed by atoms with Gasteiger partial charge in [0, 0.05) is 23.6 Å². The number of nitrogens with one attached hydrogen (secondary N) is 1. The predicted octanol–water partition coefficient (Wildman–Crippen LogP) is 4.04. The molecule has 4 heteroatoms. The van der Waals surface area contributed by atoms with Crippen molar-refractivity contribution in [3.63, 3.8) is 0 Å². The van der Waals surface area contributed by atoms with Gasteiger partial charge in [-0.1, -0.05) is 41.9 Å². The lowest BCUT2D eigenvalue weighted by Gasteiger charge is -2.13. The fourth-order valence-corrected chi connectivity index (χ4v) is 3.04. The van der Waals surface area contributed by atoms with Crippen LogP contribution in [-0.4, -0.2) is 18.6 Å². The summed E-state index contributed by atoms with van der Waals surface area (Å²) in [6.07, 6.45) is 5.01. The Labute approximate surface area is 147 Å². The Morgan fingerprint density at radius 1 is 1.33 bits per heavy atom. The van der Waals surface area contributed by atoms with Gasteiger partial charge in [-0.15, -0.1) is 0 Å². The van der Waals surface area contributed by atoms with Crippen molar-refractivity contribution >= 4 is 23.6 Å². The summed E-state index contributed by atoms with van der Waals surface area (Å²) in [7, 11) is 0. The van der Waals surface area contributed by atoms with Crippen LogP contribution in [0, 0.1) is 0 Å². The third-order valence-corrected chi connectivity index (χ3v) is 4.35. The van der Waals surface area contributed by atoms with Crippen molar-refractivity contribution in [2.24, 2.45) is 0 Å². The molecule has 0 aliphatic carbocycles. The smallest absolute Gasteiger partial charge is 0.244 e. The van der Waals surface area contributed by atoms with Gasteiger partial charge in [0.05, 0.1) is 6.61 Å². The molecule has 1 aliphatic rings. The lowest BCUT2D eigenvalue weighted by Crippen LogP contribution is -2.32. The molecule has 0 unspecified atom stereocenters. The number of ether oxygens (including phenoxy) is 1. The van der Waals surface area contributed by atoms with Gasteiger partial charge in [0.2, 0.25) is 5.91 Å². The first-order valence-electron chi connectivity index (χ1n) is 8.09. The molecule has 2 aromatic rings. The van der Waals surface area contributed by atoms with Crippen LogP contribution in [0.5, 0.6) is 5.75 Å². The van der Waals surface area contributed by atoms with E-state index in [0.29, 0.717) is 5.02 Å². The summed E-state index contributed by atoms with van der Waals surface area (Å²) in [6.45, 7) is 2.77. The minimum atomic E-state index is -0.119. The maximum absolute atomic E-state index is 12.1. The first-order valence-corrected chi connectivity index (χ1v) is 8.47. The minimum absolute atomic E-state index is 0.0498. The number of halogens is 1. The van der Waals surface area contributed by atoms with Gasteiger partial charge in [0.1, 0.15) is 5.75 Å². The Kier molecular flexibility index (Phi) is 5.21. The average Bonchev–Trinajstić information content (AvgIpc) is 3.01. The quantitative estimate of drug-likeness (QED) is 0.834. The number of fused-ring (bicyclic) bond motifs is 1. The lowest BCUT2D eigenvalue weighted by atomic mass is 10.0. The van der Waals surface area contributed by atoms with E-state index >= 15 is 0 Å². The second kappa shape index (κ2) is 7.54. The zero-order chi connectivity index (χ0) is 16.9. The van der Waals surface area contributed by atoms with Gasteiger partial charge >= 0.3 is 0 Å². The van der Waals surface area contributed by atoms with Crippen LogP contribution in [0.3, 0.4) is 0 Å². The van der Waals surface area contributed by atoms with E-state index in [-0.39, 0.29) is 11.9 Å². The summed E-state index contributed by atoms with van der Waals surface area (Å²) in [6, 6.07) is 13.7. The van der Waals surface area contributed by atoms with Crippen molar-refractivity contribution in [1.29, 1.82) is 0 Å². The van der Waals surface area contributed by atoms with Gasteiger partial charge < -0.3 is 10.1 Å². The van der Waals surface area contributed by atoms with Gasteiger partial charge in [0.25, 0.3) is 0 Å². The van der Waals surface area contributed by atoms with Crippen molar-refractivity contribution < 1.29 is 9.53 Å². The molecule has 0 fully saturated rings. The molecule has 1 N–H and O–H groups in total. The maximum Gasteiger partial charge on any atom is 0.244 e. The molecule has 3 nitrogen and oxygen atoms in total. The van der Waals surface area contributed by atoms with E-state index < -0.39 is 0 Å². The lowest BCUT2D eigenvalue weighted by molar-refractivity contribution is -0.117. The molecule has 24 heavy (non-hydrogen) atoms. The highest BCUT2D eigenvalue weighted by atomic mass is 35.5. The van der Waals surface area contributed by atoms with Gasteiger partial charge in [-0.3, -0.25) is 4.79 Å². The van der Waals surface area contributed by atoms with Gasteiger partial charge in [-0.25, -0.2) is 0 Å². The van der Waals surface area contributed by atoms with Gasteiger partial charge in [-0.2, -0.15) is 0 Å². The maximum atomic E-state index is 12.1. The van der Waals surface area contributed by atoms with Crippen LogP contribution >= 0.6 is 11.6 Å². The molecule has 3 rings (SSSR count). The Hall–Kier alpha value is -2.26. The molecule has 0 radical (unpaired) electrons. The standard InChI is InChI=1S/C20H20ClNO2/c1-14(12-15-6-8-19-17(13-15)10-11-24-19)22-20(23)9-7-16-4-2-3-5-18(16)21/h2-9,13-14H,10-12H2,1H3,(H,22,23)/b9-7+/t14-/m0/s1. The number of hydrogen-bond donors (Lipinski definition) is 1. The normalized spacial score (nSPS) is 14.2. The Morgan fingerprint density at radius 2 is 2.17 bits per heavy atom.